The zero-order valence-electron chi connectivity index (χ0n) is 12.7. The van der Waals surface area contributed by atoms with Gasteiger partial charge in [-0.2, -0.15) is 0 Å². The average Bonchev–Trinajstić information content (AvgIpc) is 2.41. The molecule has 0 amide bonds. The fraction of sp³-hybridized carbons (Fsp3) is 1.00. The monoisotopic (exact) mass is 269 g/mol. The summed E-state index contributed by atoms with van der Waals surface area (Å²) in [6.07, 6.45) is 10.0. The molecule has 3 nitrogen and oxygen atoms in total. The zero-order valence-corrected chi connectivity index (χ0v) is 12.7. The van der Waals surface area contributed by atoms with E-state index in [4.69, 9.17) is 9.47 Å². The van der Waals surface area contributed by atoms with Crippen molar-refractivity contribution >= 4 is 0 Å². The van der Waals surface area contributed by atoms with Gasteiger partial charge in [-0.05, 0) is 63.8 Å². The van der Waals surface area contributed by atoms with Crippen molar-refractivity contribution in [3.05, 3.63) is 0 Å². The minimum Gasteiger partial charge on any atom is -0.381 e. The van der Waals surface area contributed by atoms with Gasteiger partial charge < -0.3 is 14.8 Å². The van der Waals surface area contributed by atoms with Crippen molar-refractivity contribution in [2.75, 3.05) is 26.9 Å². The van der Waals surface area contributed by atoms with Gasteiger partial charge in [0.1, 0.15) is 0 Å². The van der Waals surface area contributed by atoms with E-state index in [1.165, 1.54) is 51.4 Å². The lowest BCUT2D eigenvalue weighted by atomic mass is 9.74. The third kappa shape index (κ3) is 4.44. The van der Waals surface area contributed by atoms with Crippen LogP contribution in [0.2, 0.25) is 0 Å². The highest BCUT2D eigenvalue weighted by atomic mass is 16.5. The molecule has 1 atom stereocenters. The highest BCUT2D eigenvalue weighted by molar-refractivity contribution is 4.93. The molecule has 19 heavy (non-hydrogen) atoms. The smallest absolute Gasteiger partial charge is 0.0693 e. The third-order valence-electron chi connectivity index (χ3n) is 4.96. The van der Waals surface area contributed by atoms with Gasteiger partial charge in [0, 0.05) is 26.4 Å². The van der Waals surface area contributed by atoms with Crippen molar-refractivity contribution < 1.29 is 9.47 Å². The topological polar surface area (TPSA) is 30.5 Å². The molecule has 0 aromatic carbocycles. The Balaban J connectivity index is 1.83. The molecular weight excluding hydrogens is 238 g/mol. The van der Waals surface area contributed by atoms with Crippen molar-refractivity contribution in [1.29, 1.82) is 0 Å². The van der Waals surface area contributed by atoms with E-state index in [-0.39, 0.29) is 5.60 Å². The molecular formula is C16H31NO2. The summed E-state index contributed by atoms with van der Waals surface area (Å²) in [5.74, 6) is 0.845. The lowest BCUT2D eigenvalue weighted by Gasteiger charge is -2.43. The zero-order chi connectivity index (χ0) is 13.6. The van der Waals surface area contributed by atoms with Crippen LogP contribution in [0.4, 0.5) is 0 Å². The Hall–Kier alpha value is -0.120. The Labute approximate surface area is 118 Å². The van der Waals surface area contributed by atoms with E-state index < -0.39 is 0 Å². The maximum absolute atomic E-state index is 5.81. The Kier molecular flexibility index (Phi) is 6.11. The predicted octanol–water partition coefficient (Wildman–Crippen LogP) is 3.13. The maximum atomic E-state index is 5.81. The van der Waals surface area contributed by atoms with Crippen molar-refractivity contribution in [3.8, 4) is 0 Å². The highest BCUT2D eigenvalue weighted by Gasteiger charge is 2.39. The van der Waals surface area contributed by atoms with Crippen molar-refractivity contribution in [3.63, 3.8) is 0 Å². The summed E-state index contributed by atoms with van der Waals surface area (Å²) < 4.78 is 11.3. The quantitative estimate of drug-likeness (QED) is 0.734. The van der Waals surface area contributed by atoms with E-state index in [1.54, 1.807) is 0 Å². The van der Waals surface area contributed by atoms with Crippen LogP contribution in [0.25, 0.3) is 0 Å². The maximum Gasteiger partial charge on any atom is 0.0693 e. The fourth-order valence-corrected chi connectivity index (χ4v) is 3.48. The summed E-state index contributed by atoms with van der Waals surface area (Å²) in [5, 5.41) is 3.75. The minimum atomic E-state index is 0.191. The number of rotatable bonds is 8. The SMILES string of the molecule is CCCNC(CC1CCOCC1)CC1(OC)CCC1. The molecule has 0 aromatic heterocycles. The lowest BCUT2D eigenvalue weighted by Crippen LogP contribution is -2.46. The number of methoxy groups -OCH3 is 1. The molecule has 1 saturated heterocycles. The second-order valence-electron chi connectivity index (χ2n) is 6.39. The van der Waals surface area contributed by atoms with Gasteiger partial charge in [-0.1, -0.05) is 6.92 Å². The van der Waals surface area contributed by atoms with E-state index in [1.807, 2.05) is 7.11 Å². The molecule has 1 aliphatic carbocycles. The molecule has 2 aliphatic rings. The average molecular weight is 269 g/mol. The van der Waals surface area contributed by atoms with Crippen LogP contribution < -0.4 is 5.32 Å². The first-order valence-electron chi connectivity index (χ1n) is 8.14. The number of ether oxygens (including phenoxy) is 2. The molecule has 2 rings (SSSR count). The van der Waals surface area contributed by atoms with E-state index in [0.29, 0.717) is 6.04 Å². The summed E-state index contributed by atoms with van der Waals surface area (Å²) in [6, 6.07) is 0.628. The molecule has 3 heteroatoms. The van der Waals surface area contributed by atoms with Crippen LogP contribution in [0.1, 0.15) is 58.3 Å². The van der Waals surface area contributed by atoms with Gasteiger partial charge in [-0.3, -0.25) is 0 Å². The molecule has 2 fully saturated rings. The van der Waals surface area contributed by atoms with Crippen molar-refractivity contribution in [1.82, 2.24) is 5.32 Å². The highest BCUT2D eigenvalue weighted by Crippen LogP contribution is 2.40. The predicted molar refractivity (Wildman–Crippen MR) is 78.4 cm³/mol. The van der Waals surface area contributed by atoms with Crippen LogP contribution in [-0.4, -0.2) is 38.5 Å². The number of hydrogen-bond acceptors (Lipinski definition) is 3. The number of hydrogen-bond donors (Lipinski definition) is 1. The van der Waals surface area contributed by atoms with E-state index >= 15 is 0 Å². The van der Waals surface area contributed by atoms with Crippen LogP contribution in [-0.2, 0) is 9.47 Å². The fourth-order valence-electron chi connectivity index (χ4n) is 3.48. The van der Waals surface area contributed by atoms with Gasteiger partial charge in [-0.15, -0.1) is 0 Å². The van der Waals surface area contributed by atoms with Gasteiger partial charge in [0.05, 0.1) is 5.60 Å². The second kappa shape index (κ2) is 7.61. The molecule has 0 radical (unpaired) electrons. The molecule has 1 unspecified atom stereocenters. The molecule has 0 aromatic rings. The molecule has 112 valence electrons. The standard InChI is InChI=1S/C16H31NO2/c1-3-9-17-15(12-14-5-10-19-11-6-14)13-16(18-2)7-4-8-16/h14-15,17H,3-13H2,1-2H3. The molecule has 1 aliphatic heterocycles. The van der Waals surface area contributed by atoms with Crippen LogP contribution >= 0.6 is 0 Å². The Morgan fingerprint density at radius 2 is 2.05 bits per heavy atom. The van der Waals surface area contributed by atoms with Crippen molar-refractivity contribution in [2.24, 2.45) is 5.92 Å². The summed E-state index contributed by atoms with van der Waals surface area (Å²) in [6.45, 7) is 5.29. The Morgan fingerprint density at radius 1 is 1.32 bits per heavy atom. The van der Waals surface area contributed by atoms with Gasteiger partial charge >= 0.3 is 0 Å². The van der Waals surface area contributed by atoms with E-state index in [0.717, 1.165) is 25.7 Å². The second-order valence-corrected chi connectivity index (χ2v) is 6.39. The van der Waals surface area contributed by atoms with Crippen molar-refractivity contribution in [2.45, 2.75) is 69.9 Å². The van der Waals surface area contributed by atoms with Gasteiger partial charge in [0.25, 0.3) is 0 Å². The number of nitrogens with one attached hydrogen (secondary N) is 1. The summed E-state index contributed by atoms with van der Waals surface area (Å²) >= 11 is 0. The largest absolute Gasteiger partial charge is 0.381 e. The first-order chi connectivity index (χ1) is 9.28. The normalized spacial score (nSPS) is 24.9. The van der Waals surface area contributed by atoms with E-state index in [2.05, 4.69) is 12.2 Å². The third-order valence-corrected chi connectivity index (χ3v) is 4.96. The van der Waals surface area contributed by atoms with Gasteiger partial charge in [-0.25, -0.2) is 0 Å². The Bertz CT molecular complexity index is 242. The molecule has 0 spiro atoms. The van der Waals surface area contributed by atoms with Crippen LogP contribution in [0.3, 0.4) is 0 Å². The molecule has 1 saturated carbocycles. The van der Waals surface area contributed by atoms with E-state index in [9.17, 15) is 0 Å². The first-order valence-corrected chi connectivity index (χ1v) is 8.14. The van der Waals surface area contributed by atoms with Gasteiger partial charge in [0.15, 0.2) is 0 Å². The van der Waals surface area contributed by atoms with Crippen LogP contribution in [0.15, 0.2) is 0 Å². The molecule has 0 bridgehead atoms. The van der Waals surface area contributed by atoms with Crippen LogP contribution in [0.5, 0.6) is 0 Å². The Morgan fingerprint density at radius 3 is 2.58 bits per heavy atom. The molecule has 1 heterocycles. The van der Waals surface area contributed by atoms with Crippen LogP contribution in [0, 0.1) is 5.92 Å². The molecule has 1 N–H and O–H groups in total. The first kappa shape index (κ1) is 15.3. The van der Waals surface area contributed by atoms with Gasteiger partial charge in [0.2, 0.25) is 0 Å². The summed E-state index contributed by atoms with van der Waals surface area (Å²) in [5.41, 5.74) is 0.191. The minimum absolute atomic E-state index is 0.191. The lowest BCUT2D eigenvalue weighted by molar-refractivity contribution is -0.0853. The summed E-state index contributed by atoms with van der Waals surface area (Å²) in [4.78, 5) is 0. The summed E-state index contributed by atoms with van der Waals surface area (Å²) in [7, 11) is 1.89.